The van der Waals surface area contributed by atoms with Crippen LogP contribution in [0, 0.1) is 0 Å². The summed E-state index contributed by atoms with van der Waals surface area (Å²) in [6, 6.07) is 72.7. The van der Waals surface area contributed by atoms with E-state index in [0.717, 1.165) is 99.1 Å². The van der Waals surface area contributed by atoms with Gasteiger partial charge in [-0.15, -0.1) is 22.7 Å². The maximum absolute atomic E-state index is 5.26. The molecule has 4 aromatic heterocycles. The Bertz CT molecular complexity index is 3410. The van der Waals surface area contributed by atoms with Crippen LogP contribution >= 0.6 is 22.7 Å². The third-order valence-electron chi connectivity index (χ3n) is 11.5. The first-order valence-electron chi connectivity index (χ1n) is 20.6. The van der Waals surface area contributed by atoms with Gasteiger partial charge in [-0.05, 0) is 69.8 Å². The molecule has 290 valence electrons. The van der Waals surface area contributed by atoms with Crippen LogP contribution in [-0.2, 0) is 0 Å². The Morgan fingerprint density at radius 3 is 0.952 bits per heavy atom. The lowest BCUT2D eigenvalue weighted by Crippen LogP contribution is -1.94. The van der Waals surface area contributed by atoms with E-state index < -0.39 is 0 Å². The van der Waals surface area contributed by atoms with Gasteiger partial charge < -0.3 is 0 Å². The van der Waals surface area contributed by atoms with Crippen LogP contribution in [0.1, 0.15) is 0 Å². The Hall–Kier alpha value is -7.64. The van der Waals surface area contributed by atoms with Gasteiger partial charge in [-0.1, -0.05) is 170 Å². The number of nitrogens with zero attached hydrogens (tertiary/aromatic N) is 4. The number of hydrogen-bond acceptors (Lipinski definition) is 6. The summed E-state index contributed by atoms with van der Waals surface area (Å²) in [7, 11) is 0. The number of hydrogen-bond donors (Lipinski definition) is 0. The molecule has 0 fully saturated rings. The van der Waals surface area contributed by atoms with Gasteiger partial charge in [0.2, 0.25) is 0 Å². The minimum atomic E-state index is 0.723. The van der Waals surface area contributed by atoms with Crippen molar-refractivity contribution in [1.82, 2.24) is 19.9 Å². The summed E-state index contributed by atoms with van der Waals surface area (Å²) in [6.07, 6.45) is 0. The molecule has 0 N–H and O–H groups in total. The Kier molecular flexibility index (Phi) is 8.84. The highest BCUT2D eigenvalue weighted by molar-refractivity contribution is 7.26. The standard InChI is InChI=1S/C56H34N4S2/c1-3-15-35(16-4-1)51-49-45-27-7-9-29-47(45)61-55(49)59-53(57-51)43-25-13-23-41(33-43)39-21-11-19-37(31-39)38-20-12-22-40(32-38)42-24-14-26-44(34-42)54-58-52(36-17-5-2-6-18-36)50-46-28-8-10-30-48(46)62-56(50)60-54/h1-34H. The summed E-state index contributed by atoms with van der Waals surface area (Å²) in [5, 5.41) is 4.60. The molecule has 0 saturated heterocycles. The first-order valence-corrected chi connectivity index (χ1v) is 22.2. The first-order chi connectivity index (χ1) is 30.7. The van der Waals surface area contributed by atoms with Gasteiger partial charge in [-0.2, -0.15) is 0 Å². The van der Waals surface area contributed by atoms with Gasteiger partial charge in [0.1, 0.15) is 9.66 Å². The summed E-state index contributed by atoms with van der Waals surface area (Å²) >= 11 is 3.44. The first kappa shape index (κ1) is 36.2. The molecular weight excluding hydrogens is 793 g/mol. The monoisotopic (exact) mass is 826 g/mol. The van der Waals surface area contributed by atoms with Crippen LogP contribution in [0.15, 0.2) is 206 Å². The lowest BCUT2D eigenvalue weighted by atomic mass is 9.95. The van der Waals surface area contributed by atoms with Gasteiger partial charge in [0, 0.05) is 53.2 Å². The topological polar surface area (TPSA) is 51.6 Å². The second-order valence-electron chi connectivity index (χ2n) is 15.4. The molecule has 12 aromatic rings. The SMILES string of the molecule is c1ccc(-c2nc(-c3cccc(-c4cccc(-c5cccc(-c6cccc(-c7nc(-c8ccccc8)c8c(n7)sc7ccccc78)c6)c5)c4)c3)nc3sc4ccccc4c23)cc1. The van der Waals surface area contributed by atoms with E-state index in [9.17, 15) is 0 Å². The third kappa shape index (κ3) is 6.45. The number of rotatable bonds is 7. The van der Waals surface area contributed by atoms with E-state index in [-0.39, 0.29) is 0 Å². The van der Waals surface area contributed by atoms with E-state index in [4.69, 9.17) is 19.9 Å². The Morgan fingerprint density at radius 2 is 0.565 bits per heavy atom. The van der Waals surface area contributed by atoms with Crippen molar-refractivity contribution in [3.8, 4) is 78.7 Å². The largest absolute Gasteiger partial charge is 0.227 e. The van der Waals surface area contributed by atoms with Gasteiger partial charge in [0.25, 0.3) is 0 Å². The fourth-order valence-electron chi connectivity index (χ4n) is 8.55. The highest BCUT2D eigenvalue weighted by atomic mass is 32.1. The molecule has 0 aliphatic heterocycles. The second-order valence-corrected chi connectivity index (χ2v) is 17.5. The van der Waals surface area contributed by atoms with Crippen LogP contribution in [0.2, 0.25) is 0 Å². The van der Waals surface area contributed by atoms with Crippen LogP contribution in [0.25, 0.3) is 119 Å². The van der Waals surface area contributed by atoms with Crippen LogP contribution in [0.3, 0.4) is 0 Å². The lowest BCUT2D eigenvalue weighted by molar-refractivity contribution is 1.24. The maximum Gasteiger partial charge on any atom is 0.161 e. The van der Waals surface area contributed by atoms with Crippen molar-refractivity contribution >= 4 is 63.3 Å². The number of benzene rings is 8. The summed E-state index contributed by atoms with van der Waals surface area (Å²) < 4.78 is 2.43. The van der Waals surface area contributed by atoms with Crippen molar-refractivity contribution in [2.24, 2.45) is 0 Å². The summed E-state index contributed by atoms with van der Waals surface area (Å²) in [5.41, 5.74) is 12.8. The van der Waals surface area contributed by atoms with E-state index in [1.165, 1.54) is 20.2 Å². The van der Waals surface area contributed by atoms with Crippen molar-refractivity contribution in [2.45, 2.75) is 0 Å². The van der Waals surface area contributed by atoms with E-state index in [1.54, 1.807) is 22.7 Å². The molecule has 0 unspecified atom stereocenters. The molecule has 0 aliphatic carbocycles. The van der Waals surface area contributed by atoms with Crippen LogP contribution in [0.5, 0.6) is 0 Å². The molecule has 62 heavy (non-hydrogen) atoms. The van der Waals surface area contributed by atoms with Crippen LogP contribution < -0.4 is 0 Å². The summed E-state index contributed by atoms with van der Waals surface area (Å²) in [6.45, 7) is 0. The van der Waals surface area contributed by atoms with Crippen molar-refractivity contribution < 1.29 is 0 Å². The van der Waals surface area contributed by atoms with E-state index in [1.807, 2.05) is 12.1 Å². The molecule has 0 bridgehead atoms. The van der Waals surface area contributed by atoms with Gasteiger partial charge in [0.05, 0.1) is 11.4 Å². The highest BCUT2D eigenvalue weighted by Crippen LogP contribution is 2.42. The van der Waals surface area contributed by atoms with Crippen LogP contribution in [0.4, 0.5) is 0 Å². The van der Waals surface area contributed by atoms with Crippen molar-refractivity contribution in [3.63, 3.8) is 0 Å². The third-order valence-corrected chi connectivity index (χ3v) is 13.7. The predicted octanol–water partition coefficient (Wildman–Crippen LogP) is 15.7. The summed E-state index contributed by atoms with van der Waals surface area (Å²) in [5.74, 6) is 1.45. The van der Waals surface area contributed by atoms with Crippen molar-refractivity contribution in [3.05, 3.63) is 206 Å². The van der Waals surface area contributed by atoms with Crippen molar-refractivity contribution in [2.75, 3.05) is 0 Å². The maximum atomic E-state index is 5.26. The zero-order valence-electron chi connectivity index (χ0n) is 33.2. The van der Waals surface area contributed by atoms with Crippen molar-refractivity contribution in [1.29, 1.82) is 0 Å². The fraction of sp³-hybridized carbons (Fsp3) is 0. The normalized spacial score (nSPS) is 11.5. The molecule has 0 amide bonds. The molecule has 6 heteroatoms. The summed E-state index contributed by atoms with van der Waals surface area (Å²) in [4.78, 5) is 22.8. The lowest BCUT2D eigenvalue weighted by Gasteiger charge is -2.11. The number of thiophene rings is 2. The zero-order chi connectivity index (χ0) is 41.0. The number of fused-ring (bicyclic) bond motifs is 6. The van der Waals surface area contributed by atoms with E-state index in [0.29, 0.717) is 0 Å². The molecule has 0 radical (unpaired) electrons. The van der Waals surface area contributed by atoms with Gasteiger partial charge in [-0.25, -0.2) is 19.9 Å². The Morgan fingerprint density at radius 1 is 0.258 bits per heavy atom. The second kappa shape index (κ2) is 15.1. The zero-order valence-corrected chi connectivity index (χ0v) is 34.9. The van der Waals surface area contributed by atoms with E-state index in [2.05, 4.69) is 194 Å². The average Bonchev–Trinajstić information content (AvgIpc) is 3.93. The average molecular weight is 827 g/mol. The quantitative estimate of drug-likeness (QED) is 0.161. The molecule has 0 saturated carbocycles. The molecular formula is C56H34N4S2. The van der Waals surface area contributed by atoms with Gasteiger partial charge >= 0.3 is 0 Å². The van der Waals surface area contributed by atoms with Gasteiger partial charge in [0.15, 0.2) is 11.6 Å². The van der Waals surface area contributed by atoms with E-state index >= 15 is 0 Å². The Balaban J connectivity index is 0.890. The van der Waals surface area contributed by atoms with Crippen LogP contribution in [-0.4, -0.2) is 19.9 Å². The highest BCUT2D eigenvalue weighted by Gasteiger charge is 2.19. The molecule has 4 nitrogen and oxygen atoms in total. The molecule has 12 rings (SSSR count). The molecule has 4 heterocycles. The molecule has 0 aliphatic rings. The molecule has 0 spiro atoms. The molecule has 8 aromatic carbocycles. The Labute approximate surface area is 366 Å². The van der Waals surface area contributed by atoms with Gasteiger partial charge in [-0.3, -0.25) is 0 Å². The number of aromatic nitrogens is 4. The predicted molar refractivity (Wildman–Crippen MR) is 261 cm³/mol. The smallest absolute Gasteiger partial charge is 0.161 e. The minimum absolute atomic E-state index is 0.723. The molecule has 0 atom stereocenters. The fourth-order valence-corrected chi connectivity index (χ4v) is 10.7. The minimum Gasteiger partial charge on any atom is -0.227 e.